The van der Waals surface area contributed by atoms with Gasteiger partial charge in [-0.05, 0) is 25.5 Å². The summed E-state index contributed by atoms with van der Waals surface area (Å²) in [7, 11) is 0. The molecule has 0 aliphatic heterocycles. The highest BCUT2D eigenvalue weighted by Crippen LogP contribution is 2.11. The molecule has 0 aromatic heterocycles. The lowest BCUT2D eigenvalue weighted by atomic mass is 10.1. The second kappa shape index (κ2) is 22.7. The molecule has 0 bridgehead atoms. The maximum absolute atomic E-state index is 4.57. The molecule has 0 radical (unpaired) electrons. The molecule has 0 spiro atoms. The molecule has 0 aromatic carbocycles. The third-order valence-corrected chi connectivity index (χ3v) is 4.96. The Hall–Kier alpha value is -0.330. The largest absolute Gasteiger partial charge is 0.298 e. The first-order valence-electron chi connectivity index (χ1n) is 11.4. The number of nitrogens with zero attached hydrogens (tertiary/aromatic N) is 1. The van der Waals surface area contributed by atoms with Crippen molar-refractivity contribution in [1.82, 2.24) is 0 Å². The van der Waals surface area contributed by atoms with Gasteiger partial charge < -0.3 is 0 Å². The van der Waals surface area contributed by atoms with Crippen molar-refractivity contribution < 1.29 is 0 Å². The lowest BCUT2D eigenvalue weighted by molar-refractivity contribution is 0.559. The van der Waals surface area contributed by atoms with Crippen LogP contribution in [0.25, 0.3) is 0 Å². The van der Waals surface area contributed by atoms with Gasteiger partial charge in [0.2, 0.25) is 0 Å². The first-order chi connectivity index (χ1) is 11.9. The standard InChI is InChI=1S/C23H47N/c1-3-5-7-9-11-13-14-15-17-19-21-23-24-22-20-18-16-12-10-8-6-4-2/h23H,3-22H2,1-2H3. The lowest BCUT2D eigenvalue weighted by Crippen LogP contribution is -1.86. The van der Waals surface area contributed by atoms with Crippen LogP contribution in [-0.4, -0.2) is 12.8 Å². The van der Waals surface area contributed by atoms with Gasteiger partial charge in [0.15, 0.2) is 0 Å². The molecular weight excluding hydrogens is 290 g/mol. The highest BCUT2D eigenvalue weighted by molar-refractivity contribution is 5.56. The average Bonchev–Trinajstić information content (AvgIpc) is 2.60. The molecule has 24 heavy (non-hydrogen) atoms. The van der Waals surface area contributed by atoms with Gasteiger partial charge in [-0.15, -0.1) is 0 Å². The summed E-state index contributed by atoms with van der Waals surface area (Å²) in [6.45, 7) is 5.64. The molecule has 0 aliphatic carbocycles. The summed E-state index contributed by atoms with van der Waals surface area (Å²) in [5, 5.41) is 0. The first-order valence-corrected chi connectivity index (χ1v) is 11.4. The number of rotatable bonds is 20. The Kier molecular flexibility index (Phi) is 22.4. The molecule has 0 fully saturated rings. The Labute approximate surface area is 154 Å². The van der Waals surface area contributed by atoms with Gasteiger partial charge in [-0.2, -0.15) is 0 Å². The number of aliphatic imine (C=N–C) groups is 1. The average molecular weight is 338 g/mol. The Morgan fingerprint density at radius 2 is 0.833 bits per heavy atom. The number of unbranched alkanes of at least 4 members (excludes halogenated alkanes) is 17. The van der Waals surface area contributed by atoms with Gasteiger partial charge in [0.1, 0.15) is 0 Å². The highest BCUT2D eigenvalue weighted by Gasteiger charge is 1.93. The molecule has 1 nitrogen and oxygen atoms in total. The van der Waals surface area contributed by atoms with Gasteiger partial charge in [-0.1, -0.05) is 117 Å². The normalized spacial score (nSPS) is 11.6. The van der Waals surface area contributed by atoms with Crippen LogP contribution in [-0.2, 0) is 0 Å². The second-order valence-corrected chi connectivity index (χ2v) is 7.53. The zero-order valence-corrected chi connectivity index (χ0v) is 17.2. The lowest BCUT2D eigenvalue weighted by Gasteiger charge is -2.01. The fraction of sp³-hybridized carbons (Fsp3) is 0.957. The van der Waals surface area contributed by atoms with E-state index in [9.17, 15) is 0 Å². The molecule has 0 N–H and O–H groups in total. The van der Waals surface area contributed by atoms with E-state index in [1.165, 1.54) is 122 Å². The third-order valence-electron chi connectivity index (χ3n) is 4.96. The van der Waals surface area contributed by atoms with E-state index in [0.717, 1.165) is 6.54 Å². The van der Waals surface area contributed by atoms with E-state index in [-0.39, 0.29) is 0 Å². The van der Waals surface area contributed by atoms with Crippen molar-refractivity contribution in [2.75, 3.05) is 6.54 Å². The van der Waals surface area contributed by atoms with Crippen LogP contribution in [0.4, 0.5) is 0 Å². The van der Waals surface area contributed by atoms with Crippen LogP contribution in [0.15, 0.2) is 4.99 Å². The fourth-order valence-corrected chi connectivity index (χ4v) is 3.24. The van der Waals surface area contributed by atoms with E-state index < -0.39 is 0 Å². The van der Waals surface area contributed by atoms with Gasteiger partial charge in [-0.3, -0.25) is 4.99 Å². The minimum absolute atomic E-state index is 1.06. The molecule has 0 atom stereocenters. The van der Waals surface area contributed by atoms with Gasteiger partial charge in [-0.25, -0.2) is 0 Å². The van der Waals surface area contributed by atoms with E-state index in [2.05, 4.69) is 25.1 Å². The summed E-state index contributed by atoms with van der Waals surface area (Å²) in [5.41, 5.74) is 0. The minimum Gasteiger partial charge on any atom is -0.298 e. The van der Waals surface area contributed by atoms with E-state index in [1.54, 1.807) is 0 Å². The van der Waals surface area contributed by atoms with E-state index in [4.69, 9.17) is 0 Å². The van der Waals surface area contributed by atoms with Crippen LogP contribution in [0.3, 0.4) is 0 Å². The first kappa shape index (κ1) is 23.7. The highest BCUT2D eigenvalue weighted by atomic mass is 14.7. The molecule has 0 unspecified atom stereocenters. The van der Waals surface area contributed by atoms with Crippen molar-refractivity contribution in [3.8, 4) is 0 Å². The maximum atomic E-state index is 4.57. The molecule has 0 aromatic rings. The van der Waals surface area contributed by atoms with Crippen LogP contribution >= 0.6 is 0 Å². The molecule has 0 saturated carbocycles. The zero-order valence-electron chi connectivity index (χ0n) is 17.2. The number of hydrogen-bond donors (Lipinski definition) is 0. The number of hydrogen-bond acceptors (Lipinski definition) is 1. The summed E-state index contributed by atoms with van der Waals surface area (Å²) in [4.78, 5) is 4.57. The van der Waals surface area contributed by atoms with Crippen LogP contribution in [0, 0.1) is 0 Å². The molecule has 0 saturated heterocycles. The summed E-state index contributed by atoms with van der Waals surface area (Å²) in [6, 6.07) is 0. The molecule has 144 valence electrons. The maximum Gasteiger partial charge on any atom is 0.0385 e. The topological polar surface area (TPSA) is 12.4 Å². The van der Waals surface area contributed by atoms with Crippen molar-refractivity contribution in [3.05, 3.63) is 0 Å². The summed E-state index contributed by atoms with van der Waals surface area (Å²) < 4.78 is 0. The predicted molar refractivity (Wildman–Crippen MR) is 112 cm³/mol. The summed E-state index contributed by atoms with van der Waals surface area (Å²) >= 11 is 0. The molecule has 0 rings (SSSR count). The van der Waals surface area contributed by atoms with Crippen molar-refractivity contribution in [2.24, 2.45) is 4.99 Å². The monoisotopic (exact) mass is 337 g/mol. The van der Waals surface area contributed by atoms with Crippen LogP contribution < -0.4 is 0 Å². The third kappa shape index (κ3) is 21.7. The SMILES string of the molecule is CCCCCCCCCCCCC=NCCCCCCCCCC. The van der Waals surface area contributed by atoms with E-state index in [1.807, 2.05) is 0 Å². The summed E-state index contributed by atoms with van der Waals surface area (Å²) in [5.74, 6) is 0. The smallest absolute Gasteiger partial charge is 0.0385 e. The molecular formula is C23H47N. The Balaban J connectivity index is 3.03. The van der Waals surface area contributed by atoms with E-state index in [0.29, 0.717) is 0 Å². The van der Waals surface area contributed by atoms with Crippen LogP contribution in [0.5, 0.6) is 0 Å². The fourth-order valence-electron chi connectivity index (χ4n) is 3.24. The van der Waals surface area contributed by atoms with Crippen LogP contribution in [0.2, 0.25) is 0 Å². The quantitative estimate of drug-likeness (QED) is 0.156. The van der Waals surface area contributed by atoms with Gasteiger partial charge in [0.25, 0.3) is 0 Å². The predicted octanol–water partition coefficient (Wildman–Crippen LogP) is 8.51. The van der Waals surface area contributed by atoms with Crippen molar-refractivity contribution >= 4 is 6.21 Å². The molecule has 1 heteroatoms. The molecule has 0 heterocycles. The van der Waals surface area contributed by atoms with Crippen molar-refractivity contribution in [3.63, 3.8) is 0 Å². The second-order valence-electron chi connectivity index (χ2n) is 7.53. The van der Waals surface area contributed by atoms with Crippen molar-refractivity contribution in [1.29, 1.82) is 0 Å². The minimum atomic E-state index is 1.06. The van der Waals surface area contributed by atoms with Gasteiger partial charge in [0.05, 0.1) is 0 Å². The molecule has 0 amide bonds. The van der Waals surface area contributed by atoms with Crippen molar-refractivity contribution in [2.45, 2.75) is 136 Å². The van der Waals surface area contributed by atoms with Gasteiger partial charge in [0, 0.05) is 6.54 Å². The Morgan fingerprint density at radius 3 is 1.29 bits per heavy atom. The zero-order chi connectivity index (χ0) is 17.6. The van der Waals surface area contributed by atoms with Gasteiger partial charge >= 0.3 is 0 Å². The Bertz CT molecular complexity index is 234. The summed E-state index contributed by atoms with van der Waals surface area (Å²) in [6.07, 6.45) is 28.8. The Morgan fingerprint density at radius 1 is 0.458 bits per heavy atom. The van der Waals surface area contributed by atoms with E-state index >= 15 is 0 Å². The van der Waals surface area contributed by atoms with Crippen LogP contribution in [0.1, 0.15) is 136 Å². The molecule has 0 aliphatic rings.